The van der Waals surface area contributed by atoms with Crippen LogP contribution in [-0.4, -0.2) is 40.9 Å². The monoisotopic (exact) mass is 257 g/mol. The Hall–Kier alpha value is -0.750. The number of aliphatic hydroxyl groups is 1. The molecule has 1 aromatic rings. The number of aromatic nitrogens is 2. The maximum atomic E-state index is 10.4. The summed E-state index contributed by atoms with van der Waals surface area (Å²) in [6, 6.07) is 0. The highest BCUT2D eigenvalue weighted by atomic mass is 35.5. The van der Waals surface area contributed by atoms with Crippen molar-refractivity contribution in [2.75, 3.05) is 20.2 Å². The lowest BCUT2D eigenvalue weighted by Crippen LogP contribution is -2.48. The molecule has 0 bridgehead atoms. The smallest absolute Gasteiger partial charge is 0.159 e. The molecule has 0 radical (unpaired) electrons. The van der Waals surface area contributed by atoms with E-state index < -0.39 is 11.7 Å². The van der Waals surface area contributed by atoms with E-state index >= 15 is 0 Å². The van der Waals surface area contributed by atoms with Gasteiger partial charge in [-0.05, 0) is 25.9 Å². The molecular weight excluding hydrogens is 242 g/mol. The lowest BCUT2D eigenvalue weighted by atomic mass is 9.86. The van der Waals surface area contributed by atoms with Gasteiger partial charge in [0, 0.05) is 19.5 Å². The van der Waals surface area contributed by atoms with Crippen molar-refractivity contribution in [3.05, 3.63) is 23.2 Å². The van der Waals surface area contributed by atoms with E-state index in [1.165, 1.54) is 12.4 Å². The zero-order chi connectivity index (χ0) is 12.3. The third-order valence-corrected chi connectivity index (χ3v) is 3.43. The molecule has 1 aliphatic rings. The highest BCUT2D eigenvalue weighted by molar-refractivity contribution is 6.30. The number of aliphatic hydroxyl groups excluding tert-OH is 1. The van der Waals surface area contributed by atoms with Gasteiger partial charge < -0.3 is 15.2 Å². The molecule has 1 saturated heterocycles. The predicted octanol–water partition coefficient (Wildman–Crippen LogP) is 0.932. The number of piperidine rings is 1. The minimum Gasteiger partial charge on any atom is -0.382 e. The second-order valence-electron chi connectivity index (χ2n) is 4.18. The molecule has 2 heterocycles. The van der Waals surface area contributed by atoms with Gasteiger partial charge in [0.15, 0.2) is 5.82 Å². The van der Waals surface area contributed by atoms with E-state index in [1.807, 2.05) is 0 Å². The molecule has 0 aliphatic carbocycles. The van der Waals surface area contributed by atoms with Crippen molar-refractivity contribution in [2.45, 2.75) is 24.5 Å². The molecule has 1 atom stereocenters. The van der Waals surface area contributed by atoms with Gasteiger partial charge in [-0.15, -0.1) is 0 Å². The number of halogens is 1. The van der Waals surface area contributed by atoms with Crippen LogP contribution < -0.4 is 5.32 Å². The van der Waals surface area contributed by atoms with E-state index in [0.29, 0.717) is 10.8 Å². The van der Waals surface area contributed by atoms with E-state index in [2.05, 4.69) is 15.3 Å². The fraction of sp³-hybridized carbons (Fsp3) is 0.636. The summed E-state index contributed by atoms with van der Waals surface area (Å²) in [4.78, 5) is 8.11. The van der Waals surface area contributed by atoms with Crippen LogP contribution in [0.3, 0.4) is 0 Å². The molecule has 2 rings (SSSR count). The van der Waals surface area contributed by atoms with Crippen molar-refractivity contribution in [3.63, 3.8) is 0 Å². The number of nitrogens with one attached hydrogen (secondary N) is 1. The fourth-order valence-electron chi connectivity index (χ4n) is 2.14. The van der Waals surface area contributed by atoms with Crippen LogP contribution in [0.1, 0.15) is 24.8 Å². The molecule has 1 aromatic heterocycles. The molecule has 94 valence electrons. The van der Waals surface area contributed by atoms with E-state index in [1.54, 1.807) is 7.11 Å². The molecule has 0 aromatic carbocycles. The SMILES string of the molecule is COC1(C(O)c2ncc(Cl)cn2)CCNCC1. The van der Waals surface area contributed by atoms with Crippen LogP contribution in [-0.2, 0) is 4.74 Å². The third kappa shape index (κ3) is 2.57. The van der Waals surface area contributed by atoms with Gasteiger partial charge in [0.2, 0.25) is 0 Å². The maximum Gasteiger partial charge on any atom is 0.159 e. The molecule has 2 N–H and O–H groups in total. The first kappa shape index (κ1) is 12.7. The molecule has 5 nitrogen and oxygen atoms in total. The summed E-state index contributed by atoms with van der Waals surface area (Å²) in [5.41, 5.74) is -0.598. The van der Waals surface area contributed by atoms with E-state index in [-0.39, 0.29) is 0 Å². The lowest BCUT2D eigenvalue weighted by molar-refractivity contribution is -0.124. The summed E-state index contributed by atoms with van der Waals surface area (Å²) in [6.45, 7) is 1.64. The zero-order valence-electron chi connectivity index (χ0n) is 9.69. The van der Waals surface area contributed by atoms with Crippen molar-refractivity contribution < 1.29 is 9.84 Å². The van der Waals surface area contributed by atoms with Gasteiger partial charge in [-0.2, -0.15) is 0 Å². The van der Waals surface area contributed by atoms with E-state index in [0.717, 1.165) is 25.9 Å². The maximum absolute atomic E-state index is 10.4. The Morgan fingerprint density at radius 1 is 1.41 bits per heavy atom. The largest absolute Gasteiger partial charge is 0.382 e. The Labute approximate surface area is 105 Å². The molecule has 1 fully saturated rings. The van der Waals surface area contributed by atoms with Gasteiger partial charge in [-0.3, -0.25) is 0 Å². The summed E-state index contributed by atoms with van der Waals surface area (Å²) >= 11 is 5.72. The van der Waals surface area contributed by atoms with E-state index in [9.17, 15) is 5.11 Å². The second-order valence-corrected chi connectivity index (χ2v) is 4.62. The zero-order valence-corrected chi connectivity index (χ0v) is 10.4. The quantitative estimate of drug-likeness (QED) is 0.843. The van der Waals surface area contributed by atoms with Crippen LogP contribution in [0, 0.1) is 0 Å². The number of methoxy groups -OCH3 is 1. The van der Waals surface area contributed by atoms with Crippen LogP contribution in [0.15, 0.2) is 12.4 Å². The van der Waals surface area contributed by atoms with Crippen LogP contribution in [0.5, 0.6) is 0 Å². The number of hydrogen-bond donors (Lipinski definition) is 2. The first-order valence-corrected chi connectivity index (χ1v) is 5.97. The fourth-order valence-corrected chi connectivity index (χ4v) is 2.24. The Bertz CT molecular complexity index is 365. The molecule has 17 heavy (non-hydrogen) atoms. The van der Waals surface area contributed by atoms with Crippen molar-refractivity contribution in [1.82, 2.24) is 15.3 Å². The van der Waals surface area contributed by atoms with Gasteiger partial charge in [0.05, 0.1) is 5.02 Å². The van der Waals surface area contributed by atoms with E-state index in [4.69, 9.17) is 16.3 Å². The van der Waals surface area contributed by atoms with Crippen LogP contribution in [0.4, 0.5) is 0 Å². The van der Waals surface area contributed by atoms with Gasteiger partial charge in [-0.1, -0.05) is 11.6 Å². The molecule has 1 aliphatic heterocycles. The minimum atomic E-state index is -0.827. The normalized spacial score (nSPS) is 21.1. The van der Waals surface area contributed by atoms with Crippen molar-refractivity contribution in [2.24, 2.45) is 0 Å². The first-order chi connectivity index (χ1) is 8.18. The lowest BCUT2D eigenvalue weighted by Gasteiger charge is -2.39. The van der Waals surface area contributed by atoms with Gasteiger partial charge >= 0.3 is 0 Å². The number of nitrogens with zero attached hydrogens (tertiary/aromatic N) is 2. The summed E-state index contributed by atoms with van der Waals surface area (Å²) in [5, 5.41) is 14.1. The van der Waals surface area contributed by atoms with Gasteiger partial charge in [0.25, 0.3) is 0 Å². The minimum absolute atomic E-state index is 0.359. The molecule has 6 heteroatoms. The Morgan fingerprint density at radius 3 is 2.53 bits per heavy atom. The topological polar surface area (TPSA) is 67.3 Å². The van der Waals surface area contributed by atoms with Crippen molar-refractivity contribution >= 4 is 11.6 Å². The van der Waals surface area contributed by atoms with Crippen molar-refractivity contribution in [3.8, 4) is 0 Å². The Kier molecular flexibility index (Phi) is 3.93. The van der Waals surface area contributed by atoms with Gasteiger partial charge in [0.1, 0.15) is 11.7 Å². The molecular formula is C11H16ClN3O2. The average molecular weight is 258 g/mol. The Balaban J connectivity index is 2.21. The summed E-state index contributed by atoms with van der Waals surface area (Å²) < 4.78 is 5.52. The number of hydrogen-bond acceptors (Lipinski definition) is 5. The Morgan fingerprint density at radius 2 is 2.00 bits per heavy atom. The predicted molar refractivity (Wildman–Crippen MR) is 63.8 cm³/mol. The molecule has 1 unspecified atom stereocenters. The average Bonchev–Trinajstić information content (AvgIpc) is 2.39. The summed E-state index contributed by atoms with van der Waals surface area (Å²) in [7, 11) is 1.62. The van der Waals surface area contributed by atoms with Crippen LogP contribution in [0.25, 0.3) is 0 Å². The first-order valence-electron chi connectivity index (χ1n) is 5.59. The van der Waals surface area contributed by atoms with Crippen LogP contribution in [0.2, 0.25) is 5.02 Å². The molecule has 0 amide bonds. The molecule has 0 saturated carbocycles. The summed E-state index contributed by atoms with van der Waals surface area (Å²) in [6.07, 6.45) is 3.61. The number of rotatable bonds is 3. The molecule has 0 spiro atoms. The van der Waals surface area contributed by atoms with Gasteiger partial charge in [-0.25, -0.2) is 9.97 Å². The summed E-state index contributed by atoms with van der Waals surface area (Å²) in [5.74, 6) is 0.359. The third-order valence-electron chi connectivity index (χ3n) is 3.24. The number of ether oxygens (including phenoxy) is 1. The van der Waals surface area contributed by atoms with Crippen molar-refractivity contribution in [1.29, 1.82) is 0 Å². The second kappa shape index (κ2) is 5.27. The highest BCUT2D eigenvalue weighted by Gasteiger charge is 2.41. The standard InChI is InChI=1S/C11H16ClN3O2/c1-17-11(2-4-13-5-3-11)9(16)10-14-6-8(12)7-15-10/h6-7,9,13,16H,2-5H2,1H3. The highest BCUT2D eigenvalue weighted by Crippen LogP contribution is 2.34. The van der Waals surface area contributed by atoms with Crippen LogP contribution >= 0.6 is 11.6 Å².